The Bertz CT molecular complexity index is 280. The molecule has 14 heavy (non-hydrogen) atoms. The van der Waals surface area contributed by atoms with E-state index in [0.29, 0.717) is 0 Å². The zero-order valence-corrected chi connectivity index (χ0v) is 10.5. The summed E-state index contributed by atoms with van der Waals surface area (Å²) in [5, 5.41) is 0.948. The van der Waals surface area contributed by atoms with Gasteiger partial charge < -0.3 is 4.90 Å². The van der Waals surface area contributed by atoms with E-state index >= 15 is 0 Å². The Morgan fingerprint density at radius 1 is 1.14 bits per heavy atom. The Labute approximate surface area is 98.0 Å². The molecule has 0 aliphatic carbocycles. The molecule has 0 bridgehead atoms. The maximum absolute atomic E-state index is 3.46. The third-order valence-corrected chi connectivity index (χ3v) is 4.06. The van der Waals surface area contributed by atoms with Crippen molar-refractivity contribution in [2.45, 2.75) is 5.33 Å². The number of alkyl halides is 1. The molecule has 0 unspecified atom stereocenters. The highest BCUT2D eigenvalue weighted by Crippen LogP contribution is 2.20. The maximum Gasteiger partial charge on any atom is 0.0366 e. The first-order valence-corrected chi connectivity index (χ1v) is 7.15. The van der Waals surface area contributed by atoms with Crippen LogP contribution in [0.15, 0.2) is 24.3 Å². The average molecular weight is 272 g/mol. The van der Waals surface area contributed by atoms with Crippen LogP contribution >= 0.6 is 27.7 Å². The van der Waals surface area contributed by atoms with Crippen LogP contribution in [0.3, 0.4) is 0 Å². The highest BCUT2D eigenvalue weighted by Gasteiger charge is 2.10. The van der Waals surface area contributed by atoms with Crippen LogP contribution in [0.5, 0.6) is 0 Å². The van der Waals surface area contributed by atoms with Gasteiger partial charge in [-0.15, -0.1) is 0 Å². The first-order chi connectivity index (χ1) is 6.90. The fourth-order valence-corrected chi connectivity index (χ4v) is 2.89. The lowest BCUT2D eigenvalue weighted by Gasteiger charge is -2.28. The highest BCUT2D eigenvalue weighted by molar-refractivity contribution is 9.08. The van der Waals surface area contributed by atoms with Crippen LogP contribution in [0.4, 0.5) is 5.69 Å². The molecule has 0 spiro atoms. The molecular formula is C11H14BrNS. The van der Waals surface area contributed by atoms with E-state index in [2.05, 4.69) is 56.9 Å². The number of halogens is 1. The van der Waals surface area contributed by atoms with Gasteiger partial charge in [-0.3, -0.25) is 0 Å². The van der Waals surface area contributed by atoms with Crippen molar-refractivity contribution in [2.75, 3.05) is 29.5 Å². The molecule has 0 N–H and O–H groups in total. The van der Waals surface area contributed by atoms with Crippen LogP contribution < -0.4 is 4.90 Å². The summed E-state index contributed by atoms with van der Waals surface area (Å²) in [6.07, 6.45) is 0. The fraction of sp³-hybridized carbons (Fsp3) is 0.455. The minimum Gasteiger partial charge on any atom is -0.370 e. The first kappa shape index (κ1) is 10.4. The third-order valence-electron chi connectivity index (χ3n) is 2.47. The largest absolute Gasteiger partial charge is 0.370 e. The van der Waals surface area contributed by atoms with Crippen molar-refractivity contribution in [2.24, 2.45) is 0 Å². The number of rotatable bonds is 2. The van der Waals surface area contributed by atoms with Crippen molar-refractivity contribution in [3.63, 3.8) is 0 Å². The topological polar surface area (TPSA) is 3.24 Å². The van der Waals surface area contributed by atoms with E-state index in [4.69, 9.17) is 0 Å². The Kier molecular flexibility index (Phi) is 3.76. The van der Waals surface area contributed by atoms with Crippen molar-refractivity contribution in [3.05, 3.63) is 29.8 Å². The van der Waals surface area contributed by atoms with Crippen molar-refractivity contribution in [1.82, 2.24) is 0 Å². The summed E-state index contributed by atoms with van der Waals surface area (Å²) in [5.41, 5.74) is 2.72. The van der Waals surface area contributed by atoms with Crippen LogP contribution in [0, 0.1) is 0 Å². The molecule has 3 heteroatoms. The number of hydrogen-bond acceptors (Lipinski definition) is 2. The second-order valence-corrected chi connectivity index (χ2v) is 5.18. The van der Waals surface area contributed by atoms with E-state index < -0.39 is 0 Å². The summed E-state index contributed by atoms with van der Waals surface area (Å²) in [4.78, 5) is 2.47. The summed E-state index contributed by atoms with van der Waals surface area (Å²) in [6.45, 7) is 2.39. The van der Waals surface area contributed by atoms with Crippen LogP contribution in [0.25, 0.3) is 0 Å². The zero-order chi connectivity index (χ0) is 9.80. The summed E-state index contributed by atoms with van der Waals surface area (Å²) in [7, 11) is 0. The van der Waals surface area contributed by atoms with Gasteiger partial charge >= 0.3 is 0 Å². The first-order valence-electron chi connectivity index (χ1n) is 4.88. The van der Waals surface area contributed by atoms with Crippen molar-refractivity contribution in [3.8, 4) is 0 Å². The molecule has 0 aromatic heterocycles. The Morgan fingerprint density at radius 2 is 1.79 bits per heavy atom. The third kappa shape index (κ3) is 2.45. The average Bonchev–Trinajstić information content (AvgIpc) is 2.30. The van der Waals surface area contributed by atoms with E-state index in [-0.39, 0.29) is 0 Å². The predicted octanol–water partition coefficient (Wildman–Crippen LogP) is 3.13. The molecule has 0 atom stereocenters. The number of anilines is 1. The lowest BCUT2D eigenvalue weighted by molar-refractivity contribution is 0.858. The van der Waals surface area contributed by atoms with Gasteiger partial charge in [0.05, 0.1) is 0 Å². The van der Waals surface area contributed by atoms with Crippen LogP contribution in [-0.4, -0.2) is 24.6 Å². The number of hydrogen-bond donors (Lipinski definition) is 0. The normalized spacial score (nSPS) is 17.1. The molecule has 1 nitrogen and oxygen atoms in total. The van der Waals surface area contributed by atoms with Crippen molar-refractivity contribution in [1.29, 1.82) is 0 Å². The van der Waals surface area contributed by atoms with Crippen molar-refractivity contribution >= 4 is 33.4 Å². The molecule has 0 radical (unpaired) electrons. The quantitative estimate of drug-likeness (QED) is 0.761. The van der Waals surface area contributed by atoms with E-state index in [9.17, 15) is 0 Å². The summed E-state index contributed by atoms with van der Waals surface area (Å²) in [5.74, 6) is 2.53. The Morgan fingerprint density at radius 3 is 2.36 bits per heavy atom. The van der Waals surface area contributed by atoms with Gasteiger partial charge in [0.2, 0.25) is 0 Å². The summed E-state index contributed by atoms with van der Waals surface area (Å²) < 4.78 is 0. The Balaban J connectivity index is 2.07. The lowest BCUT2D eigenvalue weighted by Crippen LogP contribution is -2.32. The van der Waals surface area contributed by atoms with E-state index in [1.54, 1.807) is 0 Å². The van der Waals surface area contributed by atoms with Gasteiger partial charge in [0, 0.05) is 35.6 Å². The van der Waals surface area contributed by atoms with Crippen LogP contribution in [-0.2, 0) is 5.33 Å². The van der Waals surface area contributed by atoms with Crippen LogP contribution in [0.1, 0.15) is 5.56 Å². The van der Waals surface area contributed by atoms with Crippen molar-refractivity contribution < 1.29 is 0 Å². The minimum absolute atomic E-state index is 0.948. The van der Waals surface area contributed by atoms with Gasteiger partial charge in [-0.05, 0) is 17.7 Å². The number of nitrogens with zero attached hydrogens (tertiary/aromatic N) is 1. The molecule has 1 heterocycles. The van der Waals surface area contributed by atoms with Gasteiger partial charge in [-0.1, -0.05) is 28.1 Å². The zero-order valence-electron chi connectivity index (χ0n) is 8.08. The van der Waals surface area contributed by atoms with Crippen LogP contribution in [0.2, 0.25) is 0 Å². The monoisotopic (exact) mass is 271 g/mol. The predicted molar refractivity (Wildman–Crippen MR) is 68.6 cm³/mol. The molecule has 0 amide bonds. The molecule has 1 aromatic carbocycles. The fourth-order valence-electron chi connectivity index (χ4n) is 1.62. The summed E-state index contributed by atoms with van der Waals surface area (Å²) in [6, 6.07) is 8.86. The molecule has 1 aromatic rings. The minimum atomic E-state index is 0.948. The summed E-state index contributed by atoms with van der Waals surface area (Å²) >= 11 is 5.51. The molecular weight excluding hydrogens is 258 g/mol. The number of benzene rings is 1. The SMILES string of the molecule is BrCc1ccc(N2CCSCC2)cc1. The lowest BCUT2D eigenvalue weighted by atomic mass is 10.2. The highest BCUT2D eigenvalue weighted by atomic mass is 79.9. The van der Waals surface area contributed by atoms with Gasteiger partial charge in [0.15, 0.2) is 0 Å². The molecule has 76 valence electrons. The van der Waals surface area contributed by atoms with Gasteiger partial charge in [-0.25, -0.2) is 0 Å². The van der Waals surface area contributed by atoms with E-state index in [1.807, 2.05) is 0 Å². The molecule has 1 aliphatic heterocycles. The standard InChI is InChI=1S/C11H14BrNS/c12-9-10-1-3-11(4-2-10)13-5-7-14-8-6-13/h1-4H,5-9H2. The molecule has 2 rings (SSSR count). The molecule has 1 saturated heterocycles. The second kappa shape index (κ2) is 5.08. The Hall–Kier alpha value is -0.150. The number of thioether (sulfide) groups is 1. The van der Waals surface area contributed by atoms with Gasteiger partial charge in [-0.2, -0.15) is 11.8 Å². The molecule has 1 aliphatic rings. The maximum atomic E-state index is 3.46. The van der Waals surface area contributed by atoms with Gasteiger partial charge in [0.1, 0.15) is 0 Å². The molecule has 1 fully saturated rings. The van der Waals surface area contributed by atoms with Gasteiger partial charge in [0.25, 0.3) is 0 Å². The smallest absolute Gasteiger partial charge is 0.0366 e. The second-order valence-electron chi connectivity index (χ2n) is 3.40. The van der Waals surface area contributed by atoms with E-state index in [1.165, 1.54) is 35.8 Å². The van der Waals surface area contributed by atoms with E-state index in [0.717, 1.165) is 5.33 Å². The molecule has 0 saturated carbocycles.